The molecular weight excluding hydrogens is 759 g/mol. The molecule has 45 heavy (non-hydrogen) atoms. The van der Waals surface area contributed by atoms with Crippen LogP contribution in [0, 0.1) is 41.3 Å². The zero-order valence-corrected chi connectivity index (χ0v) is 29.4. The maximum absolute atomic E-state index is 11.6. The molecule has 0 aliphatic carbocycles. The Hall–Kier alpha value is -4.26. The summed E-state index contributed by atoms with van der Waals surface area (Å²) >= 11 is 11.1. The smallest absolute Gasteiger partial charge is 0.753 e. The van der Waals surface area contributed by atoms with Crippen LogP contribution in [0.25, 0.3) is 16.2 Å². The van der Waals surface area contributed by atoms with Crippen molar-refractivity contribution in [2.24, 2.45) is 10.2 Å². The average Bonchev–Trinajstić information content (AvgIpc) is 3.04. The van der Waals surface area contributed by atoms with Crippen LogP contribution in [0.3, 0.4) is 0 Å². The Morgan fingerprint density at radius 1 is 0.600 bits per heavy atom. The maximum atomic E-state index is 11.6. The molecule has 0 aliphatic heterocycles. The Morgan fingerprint density at radius 2 is 0.889 bits per heavy atom. The van der Waals surface area contributed by atoms with Crippen LogP contribution in [-0.4, -0.2) is 55.2 Å². The van der Waals surface area contributed by atoms with Gasteiger partial charge in [-0.2, -0.15) is 25.7 Å². The fourth-order valence-electron chi connectivity index (χ4n) is 2.53. The number of amides is 2. The SMILES string of the molecule is O.O=C(N/N=C/c1ccccn1)c1ccccc1.O=C(N/N=C/c1ccccn1)c1ccccc1.[N-]=C=S.[N-]=C=S.[N-]=C=S.[Pr+3]. The molecule has 2 heterocycles. The van der Waals surface area contributed by atoms with E-state index in [2.05, 4.69) is 67.7 Å². The van der Waals surface area contributed by atoms with E-state index in [9.17, 15) is 9.59 Å². The van der Waals surface area contributed by atoms with Gasteiger partial charge in [0.25, 0.3) is 11.8 Å². The number of benzene rings is 2. The van der Waals surface area contributed by atoms with E-state index in [0.717, 1.165) is 0 Å². The summed E-state index contributed by atoms with van der Waals surface area (Å²) in [5.74, 6) is -0.476. The van der Waals surface area contributed by atoms with Gasteiger partial charge in [-0.25, -0.2) is 10.9 Å². The van der Waals surface area contributed by atoms with Crippen molar-refractivity contribution >= 4 is 76.4 Å². The van der Waals surface area contributed by atoms with E-state index in [1.165, 1.54) is 27.9 Å². The van der Waals surface area contributed by atoms with E-state index in [4.69, 9.17) is 16.2 Å². The van der Waals surface area contributed by atoms with E-state index in [1.54, 1.807) is 73.1 Å². The van der Waals surface area contributed by atoms with Gasteiger partial charge in [-0.3, -0.25) is 19.6 Å². The summed E-state index contributed by atoms with van der Waals surface area (Å²) in [6.45, 7) is 0. The molecule has 2 amide bonds. The molecule has 0 bridgehead atoms. The van der Waals surface area contributed by atoms with Gasteiger partial charge in [0.05, 0.1) is 23.8 Å². The summed E-state index contributed by atoms with van der Waals surface area (Å²) in [6, 6.07) is 28.8. The number of hydrazone groups is 2. The van der Waals surface area contributed by atoms with Crippen molar-refractivity contribution in [1.82, 2.24) is 20.8 Å². The first-order valence-corrected chi connectivity index (χ1v) is 12.8. The van der Waals surface area contributed by atoms with Crippen LogP contribution >= 0.6 is 36.7 Å². The van der Waals surface area contributed by atoms with Gasteiger partial charge in [0.2, 0.25) is 0 Å². The standard InChI is InChI=1S/2C13H11N3O.3CNS.H2O.Pr/c2*17-13(11-6-2-1-3-7-11)16-15-10-12-8-4-5-9-14-12;3*2-1-3;;/h2*1-10H,(H,16,17);;;;1H2;/q;;3*-1;;+3/b2*15-10+;;;;;. The van der Waals surface area contributed by atoms with Gasteiger partial charge in [-0.1, -0.05) is 85.2 Å². The molecule has 12 nitrogen and oxygen atoms in total. The zero-order valence-electron chi connectivity index (χ0n) is 23.3. The van der Waals surface area contributed by atoms with E-state index < -0.39 is 0 Å². The first kappa shape index (κ1) is 45.2. The Bertz CT molecular complexity index is 1390. The molecule has 2 aromatic heterocycles. The van der Waals surface area contributed by atoms with E-state index in [-0.39, 0.29) is 58.6 Å². The van der Waals surface area contributed by atoms with Gasteiger partial charge in [0.1, 0.15) is 0 Å². The monoisotopic (exact) mass is 783 g/mol. The van der Waals surface area contributed by atoms with Crippen molar-refractivity contribution in [3.8, 4) is 0 Å². The molecule has 2 aromatic carbocycles. The third kappa shape index (κ3) is 24.8. The molecule has 0 aliphatic rings. The molecule has 0 atom stereocenters. The van der Waals surface area contributed by atoms with Crippen LogP contribution in [-0.2, 0) is 0 Å². The van der Waals surface area contributed by atoms with Crippen LogP contribution in [0.15, 0.2) is 120 Å². The number of carbonyl (C=O) groups is 2. The van der Waals surface area contributed by atoms with Gasteiger partial charge in [-0.05, 0) is 48.5 Å². The number of carbonyl (C=O) groups excluding carboxylic acids is 2. The van der Waals surface area contributed by atoms with Crippen molar-refractivity contribution in [3.05, 3.63) is 148 Å². The summed E-state index contributed by atoms with van der Waals surface area (Å²) in [4.78, 5) is 31.3. The number of thiocarbonyl (C=S) groups is 3. The second kappa shape index (κ2) is 32.7. The summed E-state index contributed by atoms with van der Waals surface area (Å²) in [5.41, 5.74) is 7.42. The fourth-order valence-corrected chi connectivity index (χ4v) is 2.53. The third-order valence-corrected chi connectivity index (χ3v) is 4.17. The van der Waals surface area contributed by atoms with Crippen LogP contribution in [0.1, 0.15) is 32.1 Å². The molecular formula is C29H24N9O3PrS3. The van der Waals surface area contributed by atoms with Gasteiger partial charge in [-0.15, -0.1) is 0 Å². The number of hydrogen-bond donors (Lipinski definition) is 2. The third-order valence-electron chi connectivity index (χ3n) is 4.17. The molecule has 0 saturated heterocycles. The summed E-state index contributed by atoms with van der Waals surface area (Å²) in [7, 11) is 0. The molecule has 16 heteroatoms. The molecule has 0 radical (unpaired) electrons. The van der Waals surface area contributed by atoms with Crippen molar-refractivity contribution in [2.45, 2.75) is 0 Å². The van der Waals surface area contributed by atoms with Crippen LogP contribution in [0.2, 0.25) is 0 Å². The molecule has 0 spiro atoms. The molecule has 0 unspecified atom stereocenters. The van der Waals surface area contributed by atoms with Gasteiger partial charge in [0.15, 0.2) is 0 Å². The van der Waals surface area contributed by atoms with Crippen molar-refractivity contribution < 1.29 is 56.4 Å². The second-order valence-corrected chi connectivity index (χ2v) is 7.46. The normalized spacial score (nSPS) is 8.36. The summed E-state index contributed by atoms with van der Waals surface area (Å²) in [5, 5.41) is 33.1. The minimum atomic E-state index is -0.238. The van der Waals surface area contributed by atoms with Gasteiger partial charge >= 0.3 is 41.3 Å². The topological polar surface area (TPSA) is 207 Å². The minimum Gasteiger partial charge on any atom is -0.753 e. The summed E-state index contributed by atoms with van der Waals surface area (Å²) < 4.78 is 0. The largest absolute Gasteiger partial charge is 3.00 e. The number of hydrogen-bond acceptors (Lipinski definition) is 9. The molecule has 4 aromatic rings. The van der Waals surface area contributed by atoms with Gasteiger partial charge < -0.3 is 21.7 Å². The molecule has 0 fully saturated rings. The second-order valence-electron chi connectivity index (χ2n) is 6.91. The number of rotatable bonds is 6. The number of isothiocyanates is 3. The van der Waals surface area contributed by atoms with Crippen molar-refractivity contribution in [2.75, 3.05) is 0 Å². The maximum Gasteiger partial charge on any atom is 3.00 e. The van der Waals surface area contributed by atoms with E-state index in [1.807, 2.05) is 36.4 Å². The number of aromatic nitrogens is 2. The molecule has 224 valence electrons. The first-order valence-electron chi connectivity index (χ1n) is 11.6. The van der Waals surface area contributed by atoms with Crippen LogP contribution < -0.4 is 10.9 Å². The molecule has 4 N–H and O–H groups in total. The van der Waals surface area contributed by atoms with Crippen LogP contribution in [0.5, 0.6) is 0 Å². The number of nitrogens with zero attached hydrogens (tertiary/aromatic N) is 7. The Balaban J connectivity index is -0.000000600. The zero-order chi connectivity index (χ0) is 32.0. The van der Waals surface area contributed by atoms with Crippen molar-refractivity contribution in [3.63, 3.8) is 0 Å². The summed E-state index contributed by atoms with van der Waals surface area (Å²) in [6.07, 6.45) is 6.34. The Morgan fingerprint density at radius 3 is 1.16 bits per heavy atom. The first-order chi connectivity index (χ1) is 21.0. The predicted octanol–water partition coefficient (Wildman–Crippen LogP) is 4.84. The average molecular weight is 784 g/mol. The number of pyridine rings is 2. The Labute approximate surface area is 309 Å². The van der Waals surface area contributed by atoms with Crippen LogP contribution in [0.4, 0.5) is 0 Å². The fraction of sp³-hybridized carbons (Fsp3) is 0. The van der Waals surface area contributed by atoms with E-state index >= 15 is 0 Å². The molecule has 4 rings (SSSR count). The quantitative estimate of drug-likeness (QED) is 0.158. The minimum absolute atomic E-state index is 0. The van der Waals surface area contributed by atoms with Crippen molar-refractivity contribution in [1.29, 1.82) is 0 Å². The van der Waals surface area contributed by atoms with E-state index in [0.29, 0.717) is 22.5 Å². The molecule has 0 saturated carbocycles. The Kier molecular flexibility index (Phi) is 32.8. The van der Waals surface area contributed by atoms with Gasteiger partial charge in [0, 0.05) is 23.5 Å². The predicted molar refractivity (Wildman–Crippen MR) is 183 cm³/mol. The number of nitrogens with one attached hydrogen (secondary N) is 2.